The number of rotatable bonds is 6. The summed E-state index contributed by atoms with van der Waals surface area (Å²) in [5.74, 6) is 0. The molecule has 2 heteroatoms. The van der Waals surface area contributed by atoms with E-state index in [0.29, 0.717) is 0 Å². The highest BCUT2D eigenvalue weighted by atomic mass is 16.3. The summed E-state index contributed by atoms with van der Waals surface area (Å²) in [4.78, 5) is 0. The lowest BCUT2D eigenvalue weighted by molar-refractivity contribution is 0.672. The Morgan fingerprint density at radius 1 is 0.159 bits per heavy atom. The SMILES string of the molecule is c1cc(-c2ccc3oc4c5cccc(-c6cccc7c(-c8c9ccccc9c(-c9ccc%10oc%11c%12ccccc%12ccc%11c%10c9)c9ccccc89)cccc67)c5ccc4c3c2)cc(-c2c3ccccc3c(-c3cccc4ccccc34)c3ccccc23)c1. The zero-order valence-corrected chi connectivity index (χ0v) is 47.7. The lowest BCUT2D eigenvalue weighted by Crippen LogP contribution is -1.92. The predicted octanol–water partition coefficient (Wildman–Crippen LogP) is 24.7. The van der Waals surface area contributed by atoms with Crippen LogP contribution < -0.4 is 0 Å². The molecule has 0 aliphatic rings. The van der Waals surface area contributed by atoms with Crippen LogP contribution in [0.25, 0.3) is 197 Å². The molecule has 88 heavy (non-hydrogen) atoms. The van der Waals surface area contributed by atoms with Crippen molar-refractivity contribution >= 4 is 130 Å². The van der Waals surface area contributed by atoms with Gasteiger partial charge in [0.25, 0.3) is 0 Å². The molecule has 19 aromatic rings. The summed E-state index contributed by atoms with van der Waals surface area (Å²) in [6.07, 6.45) is 0. The fourth-order valence-electron chi connectivity index (χ4n) is 15.2. The molecule has 406 valence electrons. The van der Waals surface area contributed by atoms with Crippen LogP contribution in [-0.2, 0) is 0 Å². The number of benzene rings is 17. The molecule has 0 aliphatic carbocycles. The van der Waals surface area contributed by atoms with Gasteiger partial charge in [0.05, 0.1) is 0 Å². The van der Waals surface area contributed by atoms with Crippen molar-refractivity contribution in [3.8, 4) is 66.8 Å². The van der Waals surface area contributed by atoms with Crippen LogP contribution in [0, 0.1) is 0 Å². The van der Waals surface area contributed by atoms with Crippen LogP contribution in [0.3, 0.4) is 0 Å². The van der Waals surface area contributed by atoms with Gasteiger partial charge in [0, 0.05) is 32.3 Å². The zero-order valence-electron chi connectivity index (χ0n) is 47.7. The minimum Gasteiger partial charge on any atom is -0.455 e. The number of hydrogen-bond donors (Lipinski definition) is 0. The van der Waals surface area contributed by atoms with Crippen LogP contribution in [0.2, 0.25) is 0 Å². The standard InChI is InChI=1S/C86H50O2/c1-3-23-57-51(18-1)20-14-37-64(57)83-70-29-9-5-25-66(70)81(67-26-6-10-30-71(67)83)55-22-13-21-53(48-55)54-41-46-79-77(49-54)76-45-44-63-61(35-17-39-74(63)86(76)88-79)59-33-15-36-62-60(59)34-16-38-65(62)84-72-31-11-7-27-68(72)82(69-28-8-12-32-73(69)84)56-42-47-80-78(50-56)75-43-40-52-19-2-4-24-58(52)85(75)87-80/h1-50H. The molecule has 0 N–H and O–H groups in total. The molecule has 17 aromatic carbocycles. The molecule has 0 saturated heterocycles. The maximum Gasteiger partial charge on any atom is 0.143 e. The smallest absolute Gasteiger partial charge is 0.143 e. The van der Waals surface area contributed by atoms with Crippen molar-refractivity contribution in [1.29, 1.82) is 0 Å². The summed E-state index contributed by atoms with van der Waals surface area (Å²) in [5, 5.41) is 23.8. The van der Waals surface area contributed by atoms with Crippen molar-refractivity contribution < 1.29 is 8.83 Å². The van der Waals surface area contributed by atoms with Gasteiger partial charge in [-0.05, 0) is 185 Å². The first-order valence-electron chi connectivity index (χ1n) is 30.4. The molecule has 0 unspecified atom stereocenters. The van der Waals surface area contributed by atoms with Gasteiger partial charge >= 0.3 is 0 Å². The van der Waals surface area contributed by atoms with Gasteiger partial charge in [-0.1, -0.05) is 261 Å². The van der Waals surface area contributed by atoms with E-state index in [0.717, 1.165) is 71.2 Å². The molecule has 0 bridgehead atoms. The van der Waals surface area contributed by atoms with Gasteiger partial charge in [-0.15, -0.1) is 0 Å². The molecule has 2 heterocycles. The Hall–Kier alpha value is -11.6. The molecule has 2 nitrogen and oxygen atoms in total. The largest absolute Gasteiger partial charge is 0.455 e. The van der Waals surface area contributed by atoms with Gasteiger partial charge in [0.15, 0.2) is 0 Å². The molecule has 2 aromatic heterocycles. The van der Waals surface area contributed by atoms with E-state index in [-0.39, 0.29) is 0 Å². The fraction of sp³-hybridized carbons (Fsp3) is 0. The van der Waals surface area contributed by atoms with E-state index >= 15 is 0 Å². The van der Waals surface area contributed by atoms with E-state index in [1.807, 2.05) is 0 Å². The minimum absolute atomic E-state index is 0.873. The third-order valence-corrected chi connectivity index (χ3v) is 19.0. The van der Waals surface area contributed by atoms with Gasteiger partial charge in [0.1, 0.15) is 22.3 Å². The normalized spacial score (nSPS) is 12.1. The summed E-state index contributed by atoms with van der Waals surface area (Å²) in [5.41, 5.74) is 18.1. The Bertz CT molecular complexity index is 6070. The van der Waals surface area contributed by atoms with Gasteiger partial charge < -0.3 is 8.83 Å². The summed E-state index contributed by atoms with van der Waals surface area (Å²) in [6, 6.07) is 112. The van der Waals surface area contributed by atoms with Crippen LogP contribution in [0.5, 0.6) is 0 Å². The first-order valence-corrected chi connectivity index (χ1v) is 30.4. The van der Waals surface area contributed by atoms with Gasteiger partial charge in [-0.3, -0.25) is 0 Å². The van der Waals surface area contributed by atoms with Crippen LogP contribution >= 0.6 is 0 Å². The highest BCUT2D eigenvalue weighted by molar-refractivity contribution is 6.27. The third-order valence-electron chi connectivity index (χ3n) is 19.0. The second kappa shape index (κ2) is 19.0. The Morgan fingerprint density at radius 2 is 0.477 bits per heavy atom. The Kier molecular flexibility index (Phi) is 10.5. The summed E-state index contributed by atoms with van der Waals surface area (Å²) in [7, 11) is 0. The average Bonchev–Trinajstić information content (AvgIpc) is 1.49. The molecular weight excluding hydrogens is 1060 g/mol. The molecule has 0 fully saturated rings. The summed E-state index contributed by atoms with van der Waals surface area (Å²) < 4.78 is 13.6. The second-order valence-corrected chi connectivity index (χ2v) is 23.6. The molecule has 0 aliphatic heterocycles. The van der Waals surface area contributed by atoms with Crippen LogP contribution in [-0.4, -0.2) is 0 Å². The van der Waals surface area contributed by atoms with Crippen molar-refractivity contribution in [2.45, 2.75) is 0 Å². The highest BCUT2D eigenvalue weighted by Gasteiger charge is 2.23. The van der Waals surface area contributed by atoms with Gasteiger partial charge in [0.2, 0.25) is 0 Å². The Labute approximate surface area is 506 Å². The zero-order chi connectivity index (χ0) is 57.6. The second-order valence-electron chi connectivity index (χ2n) is 23.6. The van der Waals surface area contributed by atoms with E-state index < -0.39 is 0 Å². The van der Waals surface area contributed by atoms with E-state index in [2.05, 4.69) is 303 Å². The topological polar surface area (TPSA) is 26.3 Å². The maximum absolute atomic E-state index is 6.95. The van der Waals surface area contributed by atoms with Crippen LogP contribution in [0.1, 0.15) is 0 Å². The highest BCUT2D eigenvalue weighted by Crippen LogP contribution is 2.50. The Balaban J connectivity index is 0.719. The molecule has 0 spiro atoms. The summed E-state index contributed by atoms with van der Waals surface area (Å²) in [6.45, 7) is 0. The maximum atomic E-state index is 6.95. The van der Waals surface area contributed by atoms with Gasteiger partial charge in [-0.2, -0.15) is 0 Å². The van der Waals surface area contributed by atoms with Crippen LogP contribution in [0.4, 0.5) is 0 Å². The lowest BCUT2D eigenvalue weighted by Gasteiger charge is -2.19. The lowest BCUT2D eigenvalue weighted by atomic mass is 9.83. The van der Waals surface area contributed by atoms with E-state index in [4.69, 9.17) is 8.83 Å². The first kappa shape index (κ1) is 48.8. The molecule has 0 radical (unpaired) electrons. The molecular formula is C86H50O2. The monoisotopic (exact) mass is 1110 g/mol. The fourth-order valence-corrected chi connectivity index (χ4v) is 15.2. The van der Waals surface area contributed by atoms with Crippen LogP contribution in [0.15, 0.2) is 312 Å². The van der Waals surface area contributed by atoms with Crippen molar-refractivity contribution in [2.75, 3.05) is 0 Å². The number of hydrogen-bond acceptors (Lipinski definition) is 2. The van der Waals surface area contributed by atoms with Crippen molar-refractivity contribution in [1.82, 2.24) is 0 Å². The van der Waals surface area contributed by atoms with Crippen molar-refractivity contribution in [3.05, 3.63) is 303 Å². The Morgan fingerprint density at radius 3 is 1.06 bits per heavy atom. The third kappa shape index (κ3) is 7.18. The van der Waals surface area contributed by atoms with Crippen molar-refractivity contribution in [3.63, 3.8) is 0 Å². The van der Waals surface area contributed by atoms with E-state index in [1.165, 1.54) is 126 Å². The number of fused-ring (bicyclic) bond motifs is 16. The first-order chi connectivity index (χ1) is 43.7. The quantitative estimate of drug-likeness (QED) is 0.155. The molecule has 0 saturated carbocycles. The molecule has 0 amide bonds. The number of furan rings is 2. The molecule has 19 rings (SSSR count). The summed E-state index contributed by atoms with van der Waals surface area (Å²) >= 11 is 0. The average molecular weight is 1120 g/mol. The minimum atomic E-state index is 0.873. The predicted molar refractivity (Wildman–Crippen MR) is 374 cm³/mol. The van der Waals surface area contributed by atoms with E-state index in [9.17, 15) is 0 Å². The van der Waals surface area contributed by atoms with Crippen molar-refractivity contribution in [2.24, 2.45) is 0 Å². The van der Waals surface area contributed by atoms with E-state index in [1.54, 1.807) is 0 Å². The van der Waals surface area contributed by atoms with Gasteiger partial charge in [-0.25, -0.2) is 0 Å². The molecule has 0 atom stereocenters.